The smallest absolute Gasteiger partial charge is 0.271 e. The normalized spacial score (nSPS) is 24.0. The molecule has 2 aliphatic rings. The second-order valence-electron chi connectivity index (χ2n) is 8.02. The van der Waals surface area contributed by atoms with Gasteiger partial charge >= 0.3 is 0 Å². The molecule has 0 radical (unpaired) electrons. The summed E-state index contributed by atoms with van der Waals surface area (Å²) in [5.41, 5.74) is 1.63. The van der Waals surface area contributed by atoms with Crippen LogP contribution in [0.15, 0.2) is 42.7 Å². The number of fused-ring (bicyclic) bond motifs is 1. The summed E-state index contributed by atoms with van der Waals surface area (Å²) < 4.78 is 0. The van der Waals surface area contributed by atoms with E-state index in [1.54, 1.807) is 6.20 Å². The zero-order chi connectivity index (χ0) is 20.3. The van der Waals surface area contributed by atoms with Gasteiger partial charge in [-0.1, -0.05) is 30.3 Å². The average Bonchev–Trinajstić information content (AvgIpc) is 3.12. The van der Waals surface area contributed by atoms with Gasteiger partial charge < -0.3 is 10.6 Å². The molecular formula is C22H27N5O2. The molecule has 2 N–H and O–H groups in total. The van der Waals surface area contributed by atoms with Gasteiger partial charge in [0.05, 0.1) is 11.9 Å². The predicted octanol–water partition coefficient (Wildman–Crippen LogP) is 1.83. The Balaban J connectivity index is 1.43. The van der Waals surface area contributed by atoms with Crippen molar-refractivity contribution in [1.29, 1.82) is 0 Å². The maximum absolute atomic E-state index is 13.2. The van der Waals surface area contributed by atoms with Crippen LogP contribution in [0.5, 0.6) is 0 Å². The molecule has 1 aromatic carbocycles. The van der Waals surface area contributed by atoms with Crippen LogP contribution in [0.2, 0.25) is 0 Å². The minimum atomic E-state index is -0.538. The zero-order valence-electron chi connectivity index (χ0n) is 16.7. The van der Waals surface area contributed by atoms with Crippen LogP contribution in [0.3, 0.4) is 0 Å². The van der Waals surface area contributed by atoms with Gasteiger partial charge in [-0.25, -0.2) is 4.98 Å². The number of aromatic nitrogens is 2. The first-order valence-corrected chi connectivity index (χ1v) is 10.2. The lowest BCUT2D eigenvalue weighted by molar-refractivity contribution is -0.134. The van der Waals surface area contributed by atoms with Gasteiger partial charge in [0.2, 0.25) is 5.91 Å². The van der Waals surface area contributed by atoms with Gasteiger partial charge in [-0.05, 0) is 44.7 Å². The number of hydrogen-bond acceptors (Lipinski definition) is 5. The van der Waals surface area contributed by atoms with Gasteiger partial charge in [0, 0.05) is 25.3 Å². The number of carbonyl (C=O) groups excluding carboxylic acids is 2. The summed E-state index contributed by atoms with van der Waals surface area (Å²) >= 11 is 0. The molecular weight excluding hydrogens is 366 g/mol. The Bertz CT molecular complexity index is 871. The van der Waals surface area contributed by atoms with E-state index in [1.165, 1.54) is 6.20 Å². The molecule has 2 saturated heterocycles. The number of carbonyl (C=O) groups is 2. The number of hydrogen-bond donors (Lipinski definition) is 2. The molecule has 0 spiro atoms. The molecule has 0 bridgehead atoms. The second-order valence-corrected chi connectivity index (χ2v) is 8.02. The molecule has 0 aliphatic carbocycles. The van der Waals surface area contributed by atoms with Gasteiger partial charge in [-0.15, -0.1) is 0 Å². The summed E-state index contributed by atoms with van der Waals surface area (Å²) in [4.78, 5) is 36.4. The van der Waals surface area contributed by atoms with Crippen molar-refractivity contribution in [3.8, 4) is 0 Å². The van der Waals surface area contributed by atoms with Gasteiger partial charge in [0.1, 0.15) is 11.2 Å². The number of aryl methyl sites for hydroxylation is 1. The first-order valence-electron chi connectivity index (χ1n) is 10.2. The molecule has 1 aromatic heterocycles. The van der Waals surface area contributed by atoms with Crippen LogP contribution in [0.1, 0.15) is 47.4 Å². The molecule has 2 atom stereocenters. The van der Waals surface area contributed by atoms with E-state index in [9.17, 15) is 9.59 Å². The third kappa shape index (κ3) is 4.15. The molecule has 7 heteroatoms. The average molecular weight is 393 g/mol. The summed E-state index contributed by atoms with van der Waals surface area (Å²) in [6.07, 6.45) is 6.64. The molecule has 2 amide bonds. The lowest BCUT2D eigenvalue weighted by Crippen LogP contribution is -2.57. The zero-order valence-corrected chi connectivity index (χ0v) is 16.7. The quantitative estimate of drug-likeness (QED) is 0.809. The van der Waals surface area contributed by atoms with E-state index < -0.39 is 5.54 Å². The first kappa shape index (κ1) is 19.5. The number of rotatable bonds is 5. The third-order valence-electron chi connectivity index (χ3n) is 5.97. The number of nitrogens with zero attached hydrogens (tertiary/aromatic N) is 3. The summed E-state index contributed by atoms with van der Waals surface area (Å²) in [7, 11) is 0. The van der Waals surface area contributed by atoms with Crippen LogP contribution in [0.4, 0.5) is 0 Å². The molecule has 152 valence electrons. The highest BCUT2D eigenvalue weighted by molar-refractivity contribution is 5.92. The maximum Gasteiger partial charge on any atom is 0.271 e. The number of amides is 2. The van der Waals surface area contributed by atoms with Gasteiger partial charge in [0.15, 0.2) is 0 Å². The topological polar surface area (TPSA) is 87.2 Å². The van der Waals surface area contributed by atoms with Crippen LogP contribution in [-0.4, -0.2) is 51.4 Å². The first-order chi connectivity index (χ1) is 14.1. The van der Waals surface area contributed by atoms with Crippen molar-refractivity contribution in [2.24, 2.45) is 0 Å². The molecule has 1 unspecified atom stereocenters. The van der Waals surface area contributed by atoms with E-state index in [2.05, 4.69) is 25.5 Å². The highest BCUT2D eigenvalue weighted by Crippen LogP contribution is 2.38. The molecule has 2 fully saturated rings. The fraction of sp³-hybridized carbons (Fsp3) is 0.455. The number of nitrogens with one attached hydrogen (secondary N) is 2. The second kappa shape index (κ2) is 8.29. The maximum atomic E-state index is 13.2. The number of benzene rings is 1. The molecule has 7 nitrogen and oxygen atoms in total. The van der Waals surface area contributed by atoms with Crippen molar-refractivity contribution in [3.63, 3.8) is 0 Å². The third-order valence-corrected chi connectivity index (χ3v) is 5.97. The summed E-state index contributed by atoms with van der Waals surface area (Å²) in [6.45, 7) is 3.92. The van der Waals surface area contributed by atoms with Gasteiger partial charge in [0.25, 0.3) is 5.91 Å². The van der Waals surface area contributed by atoms with E-state index in [4.69, 9.17) is 0 Å². The molecule has 4 rings (SSSR count). The molecule has 2 aliphatic heterocycles. The highest BCUT2D eigenvalue weighted by Gasteiger charge is 2.52. The van der Waals surface area contributed by atoms with Crippen LogP contribution in [-0.2, 0) is 11.3 Å². The van der Waals surface area contributed by atoms with Crippen LogP contribution in [0.25, 0.3) is 0 Å². The Labute approximate surface area is 170 Å². The minimum absolute atomic E-state index is 0.0629. The lowest BCUT2D eigenvalue weighted by atomic mass is 9.84. The van der Waals surface area contributed by atoms with Gasteiger partial charge in [-0.2, -0.15) is 0 Å². The summed E-state index contributed by atoms with van der Waals surface area (Å²) in [6, 6.07) is 9.86. The van der Waals surface area contributed by atoms with E-state index in [-0.39, 0.29) is 17.9 Å². The monoisotopic (exact) mass is 393 g/mol. The molecule has 0 saturated carbocycles. The minimum Gasteiger partial charge on any atom is -0.350 e. The lowest BCUT2D eigenvalue weighted by Gasteiger charge is -2.40. The fourth-order valence-corrected chi connectivity index (χ4v) is 4.49. The Morgan fingerprint density at radius 2 is 2.00 bits per heavy atom. The van der Waals surface area contributed by atoms with Crippen LogP contribution < -0.4 is 10.6 Å². The Kier molecular flexibility index (Phi) is 5.58. The predicted molar refractivity (Wildman–Crippen MR) is 109 cm³/mol. The van der Waals surface area contributed by atoms with Gasteiger partial charge in [-0.3, -0.25) is 19.5 Å². The van der Waals surface area contributed by atoms with Crippen molar-refractivity contribution in [2.75, 3.05) is 13.1 Å². The van der Waals surface area contributed by atoms with E-state index in [1.807, 2.05) is 37.3 Å². The van der Waals surface area contributed by atoms with Crippen molar-refractivity contribution in [1.82, 2.24) is 25.5 Å². The Hall–Kier alpha value is -2.80. The van der Waals surface area contributed by atoms with Crippen molar-refractivity contribution in [3.05, 3.63) is 59.7 Å². The Morgan fingerprint density at radius 3 is 2.76 bits per heavy atom. The molecule has 2 aromatic rings. The fourth-order valence-electron chi connectivity index (χ4n) is 4.49. The van der Waals surface area contributed by atoms with Crippen LogP contribution in [0, 0.1) is 6.92 Å². The largest absolute Gasteiger partial charge is 0.350 e. The molecule has 3 heterocycles. The Morgan fingerprint density at radius 1 is 1.17 bits per heavy atom. The summed E-state index contributed by atoms with van der Waals surface area (Å²) in [5.74, 6) is -0.171. The van der Waals surface area contributed by atoms with Crippen molar-refractivity contribution < 1.29 is 9.59 Å². The van der Waals surface area contributed by atoms with Crippen LogP contribution >= 0.6 is 0 Å². The SMILES string of the molecule is Cc1cnc(C(=O)NC2CN3CCCC[C@]3(C(=O)NCc3ccccc3)C2)cn1. The van der Waals surface area contributed by atoms with Crippen molar-refractivity contribution in [2.45, 2.75) is 50.7 Å². The molecule has 29 heavy (non-hydrogen) atoms. The summed E-state index contributed by atoms with van der Waals surface area (Å²) in [5, 5.41) is 6.19. The van der Waals surface area contributed by atoms with E-state index >= 15 is 0 Å². The van der Waals surface area contributed by atoms with E-state index in [0.29, 0.717) is 25.2 Å². The number of piperidine rings is 1. The standard InChI is InChI=1S/C22H27N5O2/c1-16-12-24-19(14-23-16)20(28)26-18-11-22(9-5-6-10-27(22)15-18)21(29)25-13-17-7-3-2-4-8-17/h2-4,7-8,12,14,18H,5-6,9-11,13,15H2,1H3,(H,25,29)(H,26,28)/t18?,22-/m1/s1. The van der Waals surface area contributed by atoms with Crippen molar-refractivity contribution >= 4 is 11.8 Å². The van der Waals surface area contributed by atoms with E-state index in [0.717, 1.165) is 37.1 Å². The highest BCUT2D eigenvalue weighted by atomic mass is 16.2.